The van der Waals surface area contributed by atoms with Crippen molar-refractivity contribution in [3.05, 3.63) is 47.0 Å². The summed E-state index contributed by atoms with van der Waals surface area (Å²) in [6.07, 6.45) is 2.66. The molecule has 2 aliphatic heterocycles. The molecule has 7 nitrogen and oxygen atoms in total. The van der Waals surface area contributed by atoms with Crippen LogP contribution >= 0.6 is 0 Å². The first-order valence-electron chi connectivity index (χ1n) is 10.7. The van der Waals surface area contributed by atoms with Crippen LogP contribution in [0.15, 0.2) is 35.0 Å². The monoisotopic (exact) mass is 409 g/mol. The number of ether oxygens (including phenoxy) is 1. The molecule has 160 valence electrons. The normalized spacial score (nSPS) is 17.8. The van der Waals surface area contributed by atoms with Gasteiger partial charge in [-0.3, -0.25) is 14.5 Å². The van der Waals surface area contributed by atoms with Gasteiger partial charge in [-0.15, -0.1) is 0 Å². The number of hydrogen-bond donors (Lipinski definition) is 1. The van der Waals surface area contributed by atoms with Gasteiger partial charge in [0.1, 0.15) is 11.6 Å². The lowest BCUT2D eigenvalue weighted by molar-refractivity contribution is 0.0377. The molecule has 1 fully saturated rings. The Bertz CT molecular complexity index is 980. The van der Waals surface area contributed by atoms with Gasteiger partial charge in [0, 0.05) is 37.8 Å². The maximum Gasteiger partial charge on any atom is 0.228 e. The van der Waals surface area contributed by atoms with Gasteiger partial charge >= 0.3 is 0 Å². The van der Waals surface area contributed by atoms with Crippen molar-refractivity contribution in [2.75, 3.05) is 39.4 Å². The van der Waals surface area contributed by atoms with Gasteiger partial charge in [0.05, 0.1) is 19.8 Å². The van der Waals surface area contributed by atoms with Crippen molar-refractivity contribution in [2.45, 2.75) is 39.2 Å². The standard InChI is InChI=1S/C23H31N5O2/c1-23(2,3)18-7-5-17(6-8-18)21-25-20-15-19(29)16-28(20)22(26-21)24-9-4-10-27-11-13-30-14-12-27/h5-8,15,29H,4,9-14,16H2,1-3H3. The van der Waals surface area contributed by atoms with Gasteiger partial charge in [-0.05, 0) is 17.4 Å². The molecule has 0 atom stereocenters. The lowest BCUT2D eigenvalue weighted by Crippen LogP contribution is -2.37. The molecule has 0 unspecified atom stereocenters. The molecule has 0 amide bonds. The lowest BCUT2D eigenvalue weighted by Gasteiger charge is -2.26. The Hall–Kier alpha value is -2.51. The molecule has 0 bridgehead atoms. The molecule has 0 spiro atoms. The van der Waals surface area contributed by atoms with Crippen molar-refractivity contribution >= 4 is 6.08 Å². The number of morpholine rings is 1. The molecule has 0 radical (unpaired) electrons. The van der Waals surface area contributed by atoms with Crippen LogP contribution in [0.4, 0.5) is 0 Å². The van der Waals surface area contributed by atoms with Crippen LogP contribution in [-0.2, 0) is 16.7 Å². The van der Waals surface area contributed by atoms with E-state index >= 15 is 0 Å². The largest absolute Gasteiger partial charge is 0.510 e. The smallest absolute Gasteiger partial charge is 0.228 e. The molecule has 1 aromatic carbocycles. The van der Waals surface area contributed by atoms with E-state index in [1.165, 1.54) is 5.56 Å². The Kier molecular flexibility index (Phi) is 6.01. The van der Waals surface area contributed by atoms with Crippen molar-refractivity contribution < 1.29 is 9.84 Å². The molecule has 3 heterocycles. The van der Waals surface area contributed by atoms with Crippen molar-refractivity contribution in [3.8, 4) is 11.4 Å². The molecule has 2 aliphatic rings. The van der Waals surface area contributed by atoms with Crippen molar-refractivity contribution in [2.24, 2.45) is 4.99 Å². The lowest BCUT2D eigenvalue weighted by atomic mass is 9.87. The Balaban J connectivity index is 1.56. The Morgan fingerprint density at radius 3 is 2.53 bits per heavy atom. The first-order chi connectivity index (χ1) is 14.4. The van der Waals surface area contributed by atoms with Crippen LogP contribution < -0.4 is 5.62 Å². The molecular formula is C23H31N5O2. The fourth-order valence-electron chi connectivity index (χ4n) is 3.74. The van der Waals surface area contributed by atoms with Crippen molar-refractivity contribution in [1.29, 1.82) is 0 Å². The van der Waals surface area contributed by atoms with E-state index in [1.807, 2.05) is 4.57 Å². The van der Waals surface area contributed by atoms with Crippen molar-refractivity contribution in [1.82, 2.24) is 19.4 Å². The number of aliphatic hydroxyl groups excluding tert-OH is 1. The second-order valence-corrected chi connectivity index (χ2v) is 8.94. The van der Waals surface area contributed by atoms with Crippen LogP contribution in [0.5, 0.6) is 0 Å². The zero-order chi connectivity index (χ0) is 21.1. The maximum absolute atomic E-state index is 10.0. The first-order valence-corrected chi connectivity index (χ1v) is 10.7. The zero-order valence-electron chi connectivity index (χ0n) is 18.1. The quantitative estimate of drug-likeness (QED) is 0.769. The maximum atomic E-state index is 10.0. The van der Waals surface area contributed by atoms with Crippen LogP contribution in [0, 0.1) is 0 Å². The highest BCUT2D eigenvalue weighted by atomic mass is 16.5. The van der Waals surface area contributed by atoms with Gasteiger partial charge in [-0.25, -0.2) is 4.98 Å². The topological polar surface area (TPSA) is 75.8 Å². The summed E-state index contributed by atoms with van der Waals surface area (Å²) in [5.41, 5.74) is 2.95. The Morgan fingerprint density at radius 2 is 1.83 bits per heavy atom. The van der Waals surface area contributed by atoms with Gasteiger partial charge in [0.2, 0.25) is 5.62 Å². The number of fused-ring (bicyclic) bond motifs is 1. The number of allylic oxidation sites excluding steroid dienone is 1. The molecule has 4 rings (SSSR count). The summed E-state index contributed by atoms with van der Waals surface area (Å²) >= 11 is 0. The fraction of sp³-hybridized carbons (Fsp3) is 0.522. The minimum Gasteiger partial charge on any atom is -0.510 e. The van der Waals surface area contributed by atoms with Crippen molar-refractivity contribution in [3.63, 3.8) is 0 Å². The number of hydrogen-bond acceptors (Lipinski definition) is 6. The molecule has 0 saturated carbocycles. The highest BCUT2D eigenvalue weighted by Crippen LogP contribution is 2.25. The highest BCUT2D eigenvalue weighted by Gasteiger charge is 2.18. The molecule has 30 heavy (non-hydrogen) atoms. The minimum absolute atomic E-state index is 0.0999. The molecule has 1 N–H and O–H groups in total. The second kappa shape index (κ2) is 8.70. The Labute approximate surface area is 177 Å². The first kappa shape index (κ1) is 20.8. The van der Waals surface area contributed by atoms with Gasteiger partial charge < -0.3 is 9.84 Å². The number of aliphatic hydroxyl groups is 1. The summed E-state index contributed by atoms with van der Waals surface area (Å²) in [5.74, 6) is 1.62. The van der Waals surface area contributed by atoms with Crippen LogP contribution in [0.25, 0.3) is 17.5 Å². The van der Waals surface area contributed by atoms with E-state index in [0.29, 0.717) is 30.4 Å². The van der Waals surface area contributed by atoms with Gasteiger partial charge in [0.25, 0.3) is 0 Å². The summed E-state index contributed by atoms with van der Waals surface area (Å²) in [5, 5.41) is 10.0. The van der Waals surface area contributed by atoms with Crippen LogP contribution in [-0.4, -0.2) is 63.9 Å². The number of nitrogens with zero attached hydrogens (tertiary/aromatic N) is 5. The molecular weight excluding hydrogens is 378 g/mol. The fourth-order valence-corrected chi connectivity index (χ4v) is 3.74. The SMILES string of the molecule is CC(C)(C)c1ccc(-c2nc3n(c(=NCCCN4CCOCC4)n2)CC(O)=C3)cc1. The van der Waals surface area contributed by atoms with Gasteiger partial charge in [0.15, 0.2) is 5.82 Å². The van der Waals surface area contributed by atoms with E-state index in [-0.39, 0.29) is 11.2 Å². The van der Waals surface area contributed by atoms with E-state index in [2.05, 4.69) is 54.9 Å². The average molecular weight is 410 g/mol. The van der Waals surface area contributed by atoms with Crippen LogP contribution in [0.1, 0.15) is 38.6 Å². The third-order valence-electron chi connectivity index (χ3n) is 5.56. The summed E-state index contributed by atoms with van der Waals surface area (Å²) in [4.78, 5) is 16.6. The summed E-state index contributed by atoms with van der Waals surface area (Å²) in [6.45, 7) is 12.3. The summed E-state index contributed by atoms with van der Waals surface area (Å²) < 4.78 is 7.27. The summed E-state index contributed by atoms with van der Waals surface area (Å²) in [7, 11) is 0. The van der Waals surface area contributed by atoms with E-state index in [0.717, 1.165) is 44.8 Å². The number of aromatic nitrogens is 3. The molecule has 1 saturated heterocycles. The third-order valence-corrected chi connectivity index (χ3v) is 5.56. The van der Waals surface area contributed by atoms with Gasteiger partial charge in [-0.2, -0.15) is 4.98 Å². The van der Waals surface area contributed by atoms with E-state index in [9.17, 15) is 5.11 Å². The average Bonchev–Trinajstić information content (AvgIpc) is 3.11. The predicted octanol–water partition coefficient (Wildman–Crippen LogP) is 2.78. The minimum atomic E-state index is 0.0999. The summed E-state index contributed by atoms with van der Waals surface area (Å²) in [6, 6.07) is 8.39. The number of benzene rings is 1. The molecule has 1 aromatic heterocycles. The van der Waals surface area contributed by atoms with E-state index in [4.69, 9.17) is 14.7 Å². The van der Waals surface area contributed by atoms with Crippen LogP contribution in [0.2, 0.25) is 0 Å². The van der Waals surface area contributed by atoms with Crippen LogP contribution in [0.3, 0.4) is 0 Å². The molecule has 7 heteroatoms. The molecule has 0 aliphatic carbocycles. The zero-order valence-corrected chi connectivity index (χ0v) is 18.1. The van der Waals surface area contributed by atoms with Gasteiger partial charge in [-0.1, -0.05) is 45.0 Å². The number of rotatable bonds is 5. The highest BCUT2D eigenvalue weighted by molar-refractivity contribution is 5.58. The Morgan fingerprint density at radius 1 is 1.10 bits per heavy atom. The molecule has 2 aromatic rings. The van der Waals surface area contributed by atoms with E-state index < -0.39 is 0 Å². The van der Waals surface area contributed by atoms with E-state index in [1.54, 1.807) is 6.08 Å². The second-order valence-electron chi connectivity index (χ2n) is 8.94. The predicted molar refractivity (Wildman–Crippen MR) is 117 cm³/mol. The third kappa shape index (κ3) is 4.79.